The fourth-order valence-corrected chi connectivity index (χ4v) is 2.26. The van der Waals surface area contributed by atoms with Crippen LogP contribution in [0.3, 0.4) is 0 Å². The van der Waals surface area contributed by atoms with Gasteiger partial charge in [0.05, 0.1) is 0 Å². The Morgan fingerprint density at radius 1 is 1.29 bits per heavy atom. The monoisotopic (exact) mass is 350 g/mol. The quantitative estimate of drug-likeness (QED) is 0.866. The van der Waals surface area contributed by atoms with E-state index in [9.17, 15) is 9.18 Å². The fourth-order valence-electron chi connectivity index (χ4n) is 2.00. The molecule has 0 fully saturated rings. The predicted octanol–water partition coefficient (Wildman–Crippen LogP) is 3.54. The molecule has 0 saturated heterocycles. The maximum Gasteiger partial charge on any atom is 0.248 e. The molecule has 3 nitrogen and oxygen atoms in total. The largest absolute Gasteiger partial charge is 0.366 e. The number of hydrogen-bond donors (Lipinski definition) is 2. The molecule has 0 bridgehead atoms. The molecule has 2 rings (SSSR count). The van der Waals surface area contributed by atoms with Crippen LogP contribution in [0.1, 0.15) is 34.5 Å². The van der Waals surface area contributed by atoms with Crippen LogP contribution in [0.15, 0.2) is 46.9 Å². The van der Waals surface area contributed by atoms with E-state index in [4.69, 9.17) is 5.73 Å². The summed E-state index contributed by atoms with van der Waals surface area (Å²) in [5.41, 5.74) is 7.05. The number of nitrogens with one attached hydrogen (secondary N) is 1. The highest BCUT2D eigenvalue weighted by molar-refractivity contribution is 9.10. The zero-order chi connectivity index (χ0) is 15.4. The lowest BCUT2D eigenvalue weighted by Crippen LogP contribution is -2.19. The van der Waals surface area contributed by atoms with Gasteiger partial charge in [-0.25, -0.2) is 4.39 Å². The number of halogens is 2. The molecule has 5 heteroatoms. The average molecular weight is 351 g/mol. The van der Waals surface area contributed by atoms with E-state index < -0.39 is 5.91 Å². The highest BCUT2D eigenvalue weighted by Crippen LogP contribution is 2.18. The number of benzene rings is 2. The van der Waals surface area contributed by atoms with Crippen LogP contribution in [0.2, 0.25) is 0 Å². The van der Waals surface area contributed by atoms with Gasteiger partial charge >= 0.3 is 0 Å². The van der Waals surface area contributed by atoms with E-state index in [-0.39, 0.29) is 11.9 Å². The topological polar surface area (TPSA) is 55.1 Å². The van der Waals surface area contributed by atoms with Crippen molar-refractivity contribution in [2.45, 2.75) is 19.5 Å². The lowest BCUT2D eigenvalue weighted by molar-refractivity contribution is 0.1000. The van der Waals surface area contributed by atoms with Crippen molar-refractivity contribution in [3.8, 4) is 0 Å². The minimum Gasteiger partial charge on any atom is -0.366 e. The molecule has 2 aromatic carbocycles. The first-order valence-electron chi connectivity index (χ1n) is 6.54. The molecule has 0 aliphatic heterocycles. The Labute approximate surface area is 131 Å². The third-order valence-corrected chi connectivity index (χ3v) is 3.83. The van der Waals surface area contributed by atoms with Crippen LogP contribution >= 0.6 is 15.9 Å². The van der Waals surface area contributed by atoms with Gasteiger partial charge in [-0.1, -0.05) is 28.1 Å². The molecule has 0 aromatic heterocycles. The van der Waals surface area contributed by atoms with Crippen LogP contribution < -0.4 is 11.1 Å². The number of carbonyl (C=O) groups excluding carboxylic acids is 1. The molecular weight excluding hydrogens is 335 g/mol. The van der Waals surface area contributed by atoms with Crippen molar-refractivity contribution in [2.24, 2.45) is 5.73 Å². The van der Waals surface area contributed by atoms with Crippen molar-refractivity contribution in [2.75, 3.05) is 0 Å². The third kappa shape index (κ3) is 4.12. The van der Waals surface area contributed by atoms with Gasteiger partial charge in [0.15, 0.2) is 0 Å². The highest BCUT2D eigenvalue weighted by Gasteiger charge is 2.09. The Hall–Kier alpha value is -1.72. The lowest BCUT2D eigenvalue weighted by Gasteiger charge is -2.15. The van der Waals surface area contributed by atoms with Crippen molar-refractivity contribution in [1.29, 1.82) is 0 Å². The molecule has 0 aliphatic rings. The Balaban J connectivity index is 2.07. The Bertz CT molecular complexity index is 643. The second-order valence-electron chi connectivity index (χ2n) is 4.82. The zero-order valence-electron chi connectivity index (χ0n) is 11.6. The van der Waals surface area contributed by atoms with Crippen LogP contribution in [-0.4, -0.2) is 5.91 Å². The summed E-state index contributed by atoms with van der Waals surface area (Å²) in [5.74, 6) is -0.910. The summed E-state index contributed by atoms with van der Waals surface area (Å²) < 4.78 is 14.8. The molecule has 3 N–H and O–H groups in total. The van der Waals surface area contributed by atoms with E-state index in [0.717, 1.165) is 10.0 Å². The number of hydrogen-bond acceptors (Lipinski definition) is 2. The van der Waals surface area contributed by atoms with Gasteiger partial charge < -0.3 is 11.1 Å². The summed E-state index contributed by atoms with van der Waals surface area (Å²) in [6, 6.07) is 12.1. The number of rotatable bonds is 5. The minimum atomic E-state index is -0.558. The van der Waals surface area contributed by atoms with E-state index in [2.05, 4.69) is 21.2 Å². The molecule has 0 heterocycles. The van der Waals surface area contributed by atoms with Gasteiger partial charge in [-0.15, -0.1) is 0 Å². The Morgan fingerprint density at radius 3 is 2.57 bits per heavy atom. The van der Waals surface area contributed by atoms with E-state index in [1.807, 2.05) is 31.2 Å². The number of carbonyl (C=O) groups is 1. The SMILES string of the molecule is C[C@@H](NCc1cc(C(N)=O)ccc1F)c1ccc(Br)cc1. The molecule has 0 unspecified atom stereocenters. The van der Waals surface area contributed by atoms with Crippen molar-refractivity contribution >= 4 is 21.8 Å². The van der Waals surface area contributed by atoms with Crippen LogP contribution in [-0.2, 0) is 6.54 Å². The Kier molecular flexibility index (Phi) is 5.09. The lowest BCUT2D eigenvalue weighted by atomic mass is 10.1. The predicted molar refractivity (Wildman–Crippen MR) is 84.3 cm³/mol. The van der Waals surface area contributed by atoms with E-state index in [1.54, 1.807) is 0 Å². The van der Waals surface area contributed by atoms with Crippen LogP contribution in [0.5, 0.6) is 0 Å². The van der Waals surface area contributed by atoms with Crippen molar-refractivity contribution < 1.29 is 9.18 Å². The van der Waals surface area contributed by atoms with Crippen molar-refractivity contribution in [3.63, 3.8) is 0 Å². The first-order chi connectivity index (χ1) is 9.97. The smallest absolute Gasteiger partial charge is 0.248 e. The summed E-state index contributed by atoms with van der Waals surface area (Å²) in [4.78, 5) is 11.1. The molecule has 110 valence electrons. The van der Waals surface area contributed by atoms with Gasteiger partial charge in [0.25, 0.3) is 0 Å². The molecule has 1 amide bonds. The van der Waals surface area contributed by atoms with E-state index in [0.29, 0.717) is 17.7 Å². The summed E-state index contributed by atoms with van der Waals surface area (Å²) in [6.07, 6.45) is 0. The standard InChI is InChI=1S/C16H16BrFN2O/c1-10(11-2-5-14(17)6-3-11)20-9-13-8-12(16(19)21)4-7-15(13)18/h2-8,10,20H,9H2,1H3,(H2,19,21)/t10-/m1/s1. The Morgan fingerprint density at radius 2 is 1.95 bits per heavy atom. The number of primary amides is 1. The first kappa shape index (κ1) is 15.7. The summed E-state index contributed by atoms with van der Waals surface area (Å²) in [7, 11) is 0. The molecule has 0 saturated carbocycles. The first-order valence-corrected chi connectivity index (χ1v) is 7.33. The summed E-state index contributed by atoms with van der Waals surface area (Å²) in [6.45, 7) is 2.32. The maximum absolute atomic E-state index is 13.7. The molecule has 1 atom stereocenters. The molecule has 0 aliphatic carbocycles. The molecule has 0 radical (unpaired) electrons. The number of nitrogens with two attached hydrogens (primary N) is 1. The van der Waals surface area contributed by atoms with Gasteiger partial charge in [-0.2, -0.15) is 0 Å². The highest BCUT2D eigenvalue weighted by atomic mass is 79.9. The molecule has 2 aromatic rings. The van der Waals surface area contributed by atoms with Crippen LogP contribution in [0.4, 0.5) is 4.39 Å². The van der Waals surface area contributed by atoms with Crippen LogP contribution in [0.25, 0.3) is 0 Å². The fraction of sp³-hybridized carbons (Fsp3) is 0.188. The number of amides is 1. The maximum atomic E-state index is 13.7. The summed E-state index contributed by atoms with van der Waals surface area (Å²) >= 11 is 3.39. The second-order valence-corrected chi connectivity index (χ2v) is 5.74. The molecule has 21 heavy (non-hydrogen) atoms. The zero-order valence-corrected chi connectivity index (χ0v) is 13.2. The molecule has 0 spiro atoms. The summed E-state index contributed by atoms with van der Waals surface area (Å²) in [5, 5.41) is 3.23. The normalized spacial score (nSPS) is 12.1. The molecular formula is C16H16BrFN2O. The van der Waals surface area contributed by atoms with Crippen LogP contribution in [0, 0.1) is 5.82 Å². The average Bonchev–Trinajstić information content (AvgIpc) is 2.46. The van der Waals surface area contributed by atoms with E-state index >= 15 is 0 Å². The van der Waals surface area contributed by atoms with Gasteiger partial charge in [-0.3, -0.25) is 4.79 Å². The van der Waals surface area contributed by atoms with Crippen molar-refractivity contribution in [1.82, 2.24) is 5.32 Å². The van der Waals surface area contributed by atoms with E-state index in [1.165, 1.54) is 18.2 Å². The third-order valence-electron chi connectivity index (χ3n) is 3.30. The minimum absolute atomic E-state index is 0.0646. The van der Waals surface area contributed by atoms with Gasteiger partial charge in [0.2, 0.25) is 5.91 Å². The van der Waals surface area contributed by atoms with Crippen molar-refractivity contribution in [3.05, 3.63) is 69.4 Å². The van der Waals surface area contributed by atoms with Gasteiger partial charge in [0.1, 0.15) is 5.82 Å². The second kappa shape index (κ2) is 6.83. The van der Waals surface area contributed by atoms with Gasteiger partial charge in [-0.05, 0) is 42.8 Å². The van der Waals surface area contributed by atoms with Gasteiger partial charge in [0, 0.05) is 28.2 Å².